The fourth-order valence-electron chi connectivity index (χ4n) is 2.54. The Kier molecular flexibility index (Phi) is 7.30. The number of piperidine rings is 1. The summed E-state index contributed by atoms with van der Waals surface area (Å²) < 4.78 is 0.765. The van der Waals surface area contributed by atoms with Crippen molar-refractivity contribution in [3.05, 3.63) is 33.3 Å². The Morgan fingerprint density at radius 1 is 1.55 bits per heavy atom. The van der Waals surface area contributed by atoms with Crippen molar-refractivity contribution in [1.29, 1.82) is 0 Å². The van der Waals surface area contributed by atoms with Crippen LogP contribution in [0.3, 0.4) is 0 Å². The van der Waals surface area contributed by atoms with Crippen LogP contribution in [0, 0.1) is 5.92 Å². The number of nitrogens with zero attached hydrogens (tertiary/aromatic N) is 1. The van der Waals surface area contributed by atoms with Crippen LogP contribution < -0.4 is 5.32 Å². The lowest BCUT2D eigenvalue weighted by Gasteiger charge is -2.33. The Morgan fingerprint density at radius 2 is 2.30 bits per heavy atom. The molecule has 1 aliphatic rings. The third-order valence-corrected chi connectivity index (χ3v) is 4.35. The highest BCUT2D eigenvalue weighted by Gasteiger charge is 2.25. The van der Waals surface area contributed by atoms with Crippen molar-refractivity contribution in [2.75, 3.05) is 26.7 Å². The van der Waals surface area contributed by atoms with E-state index in [0.29, 0.717) is 16.5 Å². The molecule has 112 valence electrons. The molecule has 0 spiro atoms. The Morgan fingerprint density at radius 3 is 2.95 bits per heavy atom. The first-order valence-corrected chi connectivity index (χ1v) is 7.68. The standard InChI is InChI=1S/C14H18BrClN2O.ClH/c1-17-8-10-3-2-6-18(9-10)14(19)12-5-4-11(16)7-13(12)15;/h4-5,7,10,17H,2-3,6,8-9H2,1H3;1H. The molecule has 2 rings (SSSR count). The summed E-state index contributed by atoms with van der Waals surface area (Å²) in [4.78, 5) is 14.5. The van der Waals surface area contributed by atoms with E-state index in [1.807, 2.05) is 11.9 Å². The molecule has 0 saturated carbocycles. The minimum atomic E-state index is 0. The first-order valence-electron chi connectivity index (χ1n) is 6.50. The van der Waals surface area contributed by atoms with Gasteiger partial charge in [-0.05, 0) is 66.5 Å². The van der Waals surface area contributed by atoms with Crippen molar-refractivity contribution in [2.45, 2.75) is 12.8 Å². The predicted octanol–water partition coefficient (Wildman–Crippen LogP) is 3.60. The third kappa shape index (κ3) is 4.35. The molecule has 0 aromatic heterocycles. The average molecular weight is 382 g/mol. The molecule has 0 aliphatic carbocycles. The monoisotopic (exact) mass is 380 g/mol. The quantitative estimate of drug-likeness (QED) is 0.867. The average Bonchev–Trinajstić information content (AvgIpc) is 2.39. The van der Waals surface area contributed by atoms with E-state index in [4.69, 9.17) is 11.6 Å². The van der Waals surface area contributed by atoms with Gasteiger partial charge in [-0.25, -0.2) is 0 Å². The van der Waals surface area contributed by atoms with Crippen molar-refractivity contribution >= 4 is 45.8 Å². The number of nitrogens with one attached hydrogen (secondary N) is 1. The highest BCUT2D eigenvalue weighted by atomic mass is 79.9. The van der Waals surface area contributed by atoms with Gasteiger partial charge in [0.05, 0.1) is 5.56 Å². The van der Waals surface area contributed by atoms with E-state index in [0.717, 1.165) is 30.5 Å². The number of benzene rings is 1. The summed E-state index contributed by atoms with van der Waals surface area (Å²) in [6, 6.07) is 5.31. The lowest BCUT2D eigenvalue weighted by atomic mass is 9.97. The van der Waals surface area contributed by atoms with E-state index in [1.165, 1.54) is 6.42 Å². The first kappa shape index (κ1) is 17.8. The number of amides is 1. The number of carbonyl (C=O) groups excluding carboxylic acids is 1. The molecule has 1 aromatic rings. The zero-order chi connectivity index (χ0) is 13.8. The summed E-state index contributed by atoms with van der Waals surface area (Å²) in [5, 5.41) is 3.83. The Hall–Kier alpha value is -0.290. The van der Waals surface area contributed by atoms with Crippen LogP contribution in [0.15, 0.2) is 22.7 Å². The summed E-state index contributed by atoms with van der Waals surface area (Å²) in [7, 11) is 1.95. The lowest BCUT2D eigenvalue weighted by molar-refractivity contribution is 0.0673. The normalized spacial score (nSPS) is 18.6. The largest absolute Gasteiger partial charge is 0.338 e. The second kappa shape index (κ2) is 8.23. The van der Waals surface area contributed by atoms with Crippen molar-refractivity contribution < 1.29 is 4.79 Å². The predicted molar refractivity (Wildman–Crippen MR) is 89.0 cm³/mol. The zero-order valence-corrected chi connectivity index (χ0v) is 14.5. The molecule has 0 bridgehead atoms. The minimum absolute atomic E-state index is 0. The zero-order valence-electron chi connectivity index (χ0n) is 11.4. The summed E-state index contributed by atoms with van der Waals surface area (Å²) in [5.41, 5.74) is 0.689. The van der Waals surface area contributed by atoms with Crippen LogP contribution in [0.25, 0.3) is 0 Å². The number of carbonyl (C=O) groups is 1. The minimum Gasteiger partial charge on any atom is -0.338 e. The van der Waals surface area contributed by atoms with E-state index < -0.39 is 0 Å². The van der Waals surface area contributed by atoms with E-state index in [9.17, 15) is 4.79 Å². The van der Waals surface area contributed by atoms with Gasteiger partial charge in [-0.3, -0.25) is 4.79 Å². The van der Waals surface area contributed by atoms with Crippen LogP contribution in [-0.2, 0) is 0 Å². The van der Waals surface area contributed by atoms with Gasteiger partial charge in [0.25, 0.3) is 5.91 Å². The number of hydrogen-bond donors (Lipinski definition) is 1. The molecule has 1 N–H and O–H groups in total. The van der Waals surface area contributed by atoms with Crippen molar-refractivity contribution in [3.8, 4) is 0 Å². The van der Waals surface area contributed by atoms with Crippen molar-refractivity contribution in [2.24, 2.45) is 5.92 Å². The van der Waals surface area contributed by atoms with Gasteiger partial charge in [-0.2, -0.15) is 0 Å². The van der Waals surface area contributed by atoms with Crippen LogP contribution in [-0.4, -0.2) is 37.5 Å². The number of halogens is 3. The molecule has 1 unspecified atom stereocenters. The fraction of sp³-hybridized carbons (Fsp3) is 0.500. The summed E-state index contributed by atoms with van der Waals surface area (Å²) in [6.07, 6.45) is 2.26. The molecule has 20 heavy (non-hydrogen) atoms. The van der Waals surface area contributed by atoms with Crippen LogP contribution in [0.1, 0.15) is 23.2 Å². The van der Waals surface area contributed by atoms with Gasteiger partial charge in [-0.15, -0.1) is 12.4 Å². The fourth-order valence-corrected chi connectivity index (χ4v) is 3.39. The molecular formula is C14H19BrCl2N2O. The number of hydrogen-bond acceptors (Lipinski definition) is 2. The molecule has 0 radical (unpaired) electrons. The number of likely N-dealkylation sites (tertiary alicyclic amines) is 1. The van der Waals surface area contributed by atoms with Crippen LogP contribution in [0.5, 0.6) is 0 Å². The molecule has 3 nitrogen and oxygen atoms in total. The SMILES string of the molecule is CNCC1CCCN(C(=O)c2ccc(Cl)cc2Br)C1.Cl. The summed E-state index contributed by atoms with van der Waals surface area (Å²) in [6.45, 7) is 2.63. The highest BCUT2D eigenvalue weighted by Crippen LogP contribution is 2.25. The van der Waals surface area contributed by atoms with Crippen LogP contribution in [0.2, 0.25) is 5.02 Å². The second-order valence-corrected chi connectivity index (χ2v) is 6.23. The maximum atomic E-state index is 12.5. The molecule has 1 saturated heterocycles. The van der Waals surface area contributed by atoms with Gasteiger partial charge in [0.1, 0.15) is 0 Å². The van der Waals surface area contributed by atoms with Gasteiger partial charge in [-0.1, -0.05) is 11.6 Å². The summed E-state index contributed by atoms with van der Waals surface area (Å²) >= 11 is 9.32. The van der Waals surface area contributed by atoms with E-state index in [2.05, 4.69) is 21.2 Å². The lowest BCUT2D eigenvalue weighted by Crippen LogP contribution is -2.42. The van der Waals surface area contributed by atoms with Gasteiger partial charge in [0.2, 0.25) is 0 Å². The molecule has 6 heteroatoms. The molecular weight excluding hydrogens is 363 g/mol. The molecule has 1 fully saturated rings. The third-order valence-electron chi connectivity index (χ3n) is 3.46. The molecule has 1 heterocycles. The Bertz CT molecular complexity index is 468. The maximum absolute atomic E-state index is 12.5. The van der Waals surface area contributed by atoms with Gasteiger partial charge >= 0.3 is 0 Å². The molecule has 1 amide bonds. The molecule has 1 aromatic carbocycles. The van der Waals surface area contributed by atoms with Crippen LogP contribution in [0.4, 0.5) is 0 Å². The first-order chi connectivity index (χ1) is 9.11. The van der Waals surface area contributed by atoms with Crippen LogP contribution >= 0.6 is 39.9 Å². The maximum Gasteiger partial charge on any atom is 0.255 e. The van der Waals surface area contributed by atoms with Gasteiger partial charge < -0.3 is 10.2 Å². The van der Waals surface area contributed by atoms with Crippen molar-refractivity contribution in [3.63, 3.8) is 0 Å². The van der Waals surface area contributed by atoms with E-state index >= 15 is 0 Å². The number of rotatable bonds is 3. The van der Waals surface area contributed by atoms with Gasteiger partial charge in [0.15, 0.2) is 0 Å². The Balaban J connectivity index is 0.00000200. The smallest absolute Gasteiger partial charge is 0.255 e. The topological polar surface area (TPSA) is 32.3 Å². The summed E-state index contributed by atoms with van der Waals surface area (Å²) in [5.74, 6) is 0.637. The van der Waals surface area contributed by atoms with E-state index in [1.54, 1.807) is 18.2 Å². The van der Waals surface area contributed by atoms with Gasteiger partial charge in [0, 0.05) is 22.6 Å². The van der Waals surface area contributed by atoms with Crippen molar-refractivity contribution in [1.82, 2.24) is 10.2 Å². The molecule has 1 atom stereocenters. The highest BCUT2D eigenvalue weighted by molar-refractivity contribution is 9.10. The van der Waals surface area contributed by atoms with E-state index in [-0.39, 0.29) is 18.3 Å². The Labute approximate surface area is 139 Å². The second-order valence-electron chi connectivity index (χ2n) is 4.94. The molecule has 1 aliphatic heterocycles.